The molecule has 35 heavy (non-hydrogen) atoms. The van der Waals surface area contributed by atoms with Crippen LogP contribution in [0.4, 0.5) is 17.1 Å². The van der Waals surface area contributed by atoms with E-state index >= 15 is 0 Å². The number of nitrogens with one attached hydrogen (secondary N) is 1. The Labute approximate surface area is 206 Å². The molecule has 2 aromatic rings. The molecule has 4 atom stereocenters. The summed E-state index contributed by atoms with van der Waals surface area (Å²) in [6, 6.07) is 12.0. The predicted molar refractivity (Wildman–Crippen MR) is 139 cm³/mol. The van der Waals surface area contributed by atoms with Gasteiger partial charge in [0, 0.05) is 47.1 Å². The number of rotatable bonds is 7. The number of nitrogen functional groups attached to an aromatic ring is 1. The summed E-state index contributed by atoms with van der Waals surface area (Å²) in [6.07, 6.45) is 1.52. The number of nitrogens with zero attached hydrogens (tertiary/aromatic N) is 1. The van der Waals surface area contributed by atoms with E-state index in [9.17, 15) is 19.5 Å². The minimum Gasteiger partial charge on any atom is -0.432 e. The summed E-state index contributed by atoms with van der Waals surface area (Å²) in [5.41, 5.74) is 7.03. The van der Waals surface area contributed by atoms with Crippen LogP contribution >= 0.6 is 0 Å². The molecule has 9 heteroatoms. The smallest absolute Gasteiger partial charge is 0.264 e. The van der Waals surface area contributed by atoms with Crippen molar-refractivity contribution in [3.63, 3.8) is 0 Å². The summed E-state index contributed by atoms with van der Waals surface area (Å²) in [5.74, 6) is -0.855. The Bertz CT molecular complexity index is 1150. The standard InChI is InChI=1S/C26H33N3O5Si/c1-5-13-29-21-11-10-19(28-24(31)17-6-8-18(27)9-7-17)15-20(21)26(25(29)32)16(2)23(35(3,4)33)22(34-26)12-14-30/h5-11,15-16,22-23,30,33H,1,12-14,27H2,2-4H3,(H,28,31)/t16-,22+,23-,26+/m1/s1. The van der Waals surface area contributed by atoms with Crippen molar-refractivity contribution in [1.82, 2.24) is 0 Å². The molecule has 2 amide bonds. The van der Waals surface area contributed by atoms with Gasteiger partial charge in [-0.15, -0.1) is 6.58 Å². The number of amides is 2. The van der Waals surface area contributed by atoms with Crippen molar-refractivity contribution < 1.29 is 24.2 Å². The molecule has 2 aromatic carbocycles. The van der Waals surface area contributed by atoms with Crippen LogP contribution < -0.4 is 16.0 Å². The molecule has 0 bridgehead atoms. The zero-order valence-corrected chi connectivity index (χ0v) is 21.3. The number of aliphatic hydroxyl groups excluding tert-OH is 1. The number of aliphatic hydroxyl groups is 1. The summed E-state index contributed by atoms with van der Waals surface area (Å²) in [6.45, 7) is 9.60. The molecule has 8 nitrogen and oxygen atoms in total. The molecule has 2 aliphatic rings. The minimum absolute atomic E-state index is 0.108. The molecule has 1 fully saturated rings. The lowest BCUT2D eigenvalue weighted by atomic mass is 9.82. The molecule has 2 heterocycles. The van der Waals surface area contributed by atoms with Crippen LogP contribution in [0.2, 0.25) is 18.6 Å². The Morgan fingerprint density at radius 3 is 2.57 bits per heavy atom. The highest BCUT2D eigenvalue weighted by molar-refractivity contribution is 6.71. The number of anilines is 3. The summed E-state index contributed by atoms with van der Waals surface area (Å²) < 4.78 is 6.54. The van der Waals surface area contributed by atoms with Crippen LogP contribution in [0.15, 0.2) is 55.1 Å². The average molecular weight is 496 g/mol. The molecular formula is C26H33N3O5Si. The van der Waals surface area contributed by atoms with E-state index in [1.165, 1.54) is 0 Å². The Kier molecular flexibility index (Phi) is 6.63. The van der Waals surface area contributed by atoms with E-state index in [0.29, 0.717) is 41.2 Å². The number of nitrogens with two attached hydrogens (primary N) is 1. The fraction of sp³-hybridized carbons (Fsp3) is 0.385. The van der Waals surface area contributed by atoms with Crippen molar-refractivity contribution >= 4 is 37.2 Å². The van der Waals surface area contributed by atoms with Crippen molar-refractivity contribution in [2.45, 2.75) is 43.7 Å². The molecule has 0 unspecified atom stereocenters. The molecule has 0 aliphatic carbocycles. The number of ether oxygens (including phenoxy) is 1. The Morgan fingerprint density at radius 2 is 1.97 bits per heavy atom. The molecule has 5 N–H and O–H groups in total. The van der Waals surface area contributed by atoms with Crippen LogP contribution in [-0.2, 0) is 15.1 Å². The zero-order valence-electron chi connectivity index (χ0n) is 20.3. The summed E-state index contributed by atoms with van der Waals surface area (Å²) in [4.78, 5) is 39.5. The van der Waals surface area contributed by atoms with E-state index in [-0.39, 0.29) is 29.9 Å². The van der Waals surface area contributed by atoms with Crippen LogP contribution in [0.1, 0.15) is 29.3 Å². The maximum atomic E-state index is 13.9. The van der Waals surface area contributed by atoms with E-state index in [0.717, 1.165) is 0 Å². The Morgan fingerprint density at radius 1 is 1.29 bits per heavy atom. The highest BCUT2D eigenvalue weighted by Crippen LogP contribution is 2.59. The van der Waals surface area contributed by atoms with E-state index in [1.807, 2.05) is 20.0 Å². The van der Waals surface area contributed by atoms with Crippen molar-refractivity contribution in [3.8, 4) is 0 Å². The maximum Gasteiger partial charge on any atom is 0.264 e. The third-order valence-electron chi connectivity index (χ3n) is 7.14. The number of fused-ring (bicyclic) bond motifs is 2. The van der Waals surface area contributed by atoms with Gasteiger partial charge in [-0.1, -0.05) is 13.0 Å². The number of benzene rings is 2. The van der Waals surface area contributed by atoms with Gasteiger partial charge >= 0.3 is 0 Å². The molecule has 0 aromatic heterocycles. The van der Waals surface area contributed by atoms with Crippen LogP contribution in [-0.4, -0.2) is 49.3 Å². The zero-order chi connectivity index (χ0) is 25.5. The summed E-state index contributed by atoms with van der Waals surface area (Å²) in [5, 5.41) is 12.6. The molecule has 4 rings (SSSR count). The molecule has 0 saturated carbocycles. The lowest BCUT2D eigenvalue weighted by molar-refractivity contribution is -0.146. The molecule has 0 radical (unpaired) electrons. The van der Waals surface area contributed by atoms with Crippen molar-refractivity contribution in [2.24, 2.45) is 5.92 Å². The first kappa shape index (κ1) is 25.1. The van der Waals surface area contributed by atoms with Crippen LogP contribution in [0, 0.1) is 5.92 Å². The Hall–Kier alpha value is -2.98. The number of hydrogen-bond acceptors (Lipinski definition) is 6. The van der Waals surface area contributed by atoms with E-state index in [2.05, 4.69) is 11.9 Å². The van der Waals surface area contributed by atoms with Crippen molar-refractivity contribution in [1.29, 1.82) is 0 Å². The first-order valence-corrected chi connectivity index (χ1v) is 14.8. The van der Waals surface area contributed by atoms with Gasteiger partial charge in [0.2, 0.25) is 0 Å². The molecule has 1 spiro atoms. The number of carbonyl (C=O) groups excluding carboxylic acids is 2. The second-order valence-electron chi connectivity index (χ2n) is 9.88. The summed E-state index contributed by atoms with van der Waals surface area (Å²) in [7, 11) is -2.77. The molecule has 186 valence electrons. The topological polar surface area (TPSA) is 125 Å². The van der Waals surface area contributed by atoms with Crippen LogP contribution in [0.5, 0.6) is 0 Å². The Balaban J connectivity index is 1.78. The van der Waals surface area contributed by atoms with Gasteiger partial charge in [0.05, 0.1) is 11.8 Å². The van der Waals surface area contributed by atoms with E-state index in [1.54, 1.807) is 53.4 Å². The molecule has 1 saturated heterocycles. The highest BCUT2D eigenvalue weighted by Gasteiger charge is 2.66. The SMILES string of the molecule is C=CCN1C(=O)[C@@]2(O[C@@H](CCO)[C@H]([Si](C)(C)O)[C@H]2C)c2cc(NC(=O)c3ccc(N)cc3)ccc21. The third-order valence-corrected chi connectivity index (χ3v) is 9.64. The monoisotopic (exact) mass is 495 g/mol. The largest absolute Gasteiger partial charge is 0.432 e. The minimum atomic E-state index is -2.77. The van der Waals surface area contributed by atoms with Gasteiger partial charge in [-0.25, -0.2) is 0 Å². The average Bonchev–Trinajstić information content (AvgIpc) is 3.22. The number of carbonyl (C=O) groups is 2. The first-order chi connectivity index (χ1) is 16.5. The van der Waals surface area contributed by atoms with Gasteiger partial charge in [0.25, 0.3) is 11.8 Å². The summed E-state index contributed by atoms with van der Waals surface area (Å²) >= 11 is 0. The molecule has 2 aliphatic heterocycles. The maximum absolute atomic E-state index is 13.9. The fourth-order valence-corrected chi connectivity index (χ4v) is 8.30. The van der Waals surface area contributed by atoms with Crippen molar-refractivity contribution in [2.75, 3.05) is 29.1 Å². The second-order valence-corrected chi connectivity index (χ2v) is 13.9. The van der Waals surface area contributed by atoms with Gasteiger partial charge in [-0.05, 0) is 62.0 Å². The van der Waals surface area contributed by atoms with Gasteiger partial charge < -0.3 is 30.6 Å². The van der Waals surface area contributed by atoms with Gasteiger partial charge in [-0.2, -0.15) is 0 Å². The van der Waals surface area contributed by atoms with Crippen molar-refractivity contribution in [3.05, 3.63) is 66.2 Å². The van der Waals surface area contributed by atoms with E-state index in [4.69, 9.17) is 10.5 Å². The number of hydrogen-bond donors (Lipinski definition) is 4. The lowest BCUT2D eigenvalue weighted by Crippen LogP contribution is -2.46. The fourth-order valence-electron chi connectivity index (χ4n) is 5.70. The normalized spacial score (nSPS) is 25.7. The third kappa shape index (κ3) is 4.18. The van der Waals surface area contributed by atoms with Crippen LogP contribution in [0.3, 0.4) is 0 Å². The lowest BCUT2D eigenvalue weighted by Gasteiger charge is -2.32. The van der Waals surface area contributed by atoms with Crippen LogP contribution in [0.25, 0.3) is 0 Å². The van der Waals surface area contributed by atoms with E-state index < -0.39 is 20.0 Å². The predicted octanol–water partition coefficient (Wildman–Crippen LogP) is 3.23. The highest BCUT2D eigenvalue weighted by atomic mass is 28.4. The van der Waals surface area contributed by atoms with Gasteiger partial charge in [-0.3, -0.25) is 9.59 Å². The quantitative estimate of drug-likeness (QED) is 0.266. The first-order valence-electron chi connectivity index (χ1n) is 11.8. The second kappa shape index (κ2) is 9.23. The van der Waals surface area contributed by atoms with Gasteiger partial charge in [0.1, 0.15) is 0 Å². The van der Waals surface area contributed by atoms with Gasteiger partial charge in [0.15, 0.2) is 13.9 Å². The molecular weight excluding hydrogens is 462 g/mol.